The Morgan fingerprint density at radius 3 is 2.62 bits per heavy atom. The number of benzene rings is 2. The highest BCUT2D eigenvalue weighted by Gasteiger charge is 2.12. The highest BCUT2D eigenvalue weighted by molar-refractivity contribution is 9.10. The molecular formula is C15H10BrClN2O2. The van der Waals surface area contributed by atoms with E-state index in [9.17, 15) is 4.79 Å². The fourth-order valence-electron chi connectivity index (χ4n) is 2.02. The Hall–Kier alpha value is -1.85. The largest absolute Gasteiger partial charge is 0.427 e. The second-order valence-corrected chi connectivity index (χ2v) is 5.73. The Kier molecular flexibility index (Phi) is 3.69. The summed E-state index contributed by atoms with van der Waals surface area (Å²) < 4.78 is 7.70. The van der Waals surface area contributed by atoms with Crippen molar-refractivity contribution in [2.24, 2.45) is 0 Å². The van der Waals surface area contributed by atoms with Gasteiger partial charge in [-0.25, -0.2) is 4.68 Å². The number of hydrogen-bond donors (Lipinski definition) is 0. The Labute approximate surface area is 134 Å². The van der Waals surface area contributed by atoms with Crippen molar-refractivity contribution in [1.82, 2.24) is 9.78 Å². The molecule has 0 spiro atoms. The standard InChI is InChI=1S/C15H10BrClN2O2/c1-9(20)21-12-6-7-14-13(8-12)15(17)19(18-14)11-4-2-10(16)3-5-11/h2-8H,1H3. The second kappa shape index (κ2) is 5.50. The Morgan fingerprint density at radius 2 is 1.95 bits per heavy atom. The molecule has 0 aliphatic heterocycles. The van der Waals surface area contributed by atoms with E-state index in [4.69, 9.17) is 16.3 Å². The van der Waals surface area contributed by atoms with Crippen molar-refractivity contribution in [1.29, 1.82) is 0 Å². The lowest BCUT2D eigenvalue weighted by atomic mass is 10.2. The third-order valence-corrected chi connectivity index (χ3v) is 3.81. The number of esters is 1. The van der Waals surface area contributed by atoms with Crippen molar-refractivity contribution in [3.8, 4) is 11.4 Å². The molecule has 1 aromatic heterocycles. The smallest absolute Gasteiger partial charge is 0.308 e. The number of carbonyl (C=O) groups is 1. The molecule has 6 heteroatoms. The number of rotatable bonds is 2. The average molecular weight is 366 g/mol. The van der Waals surface area contributed by atoms with Crippen LogP contribution >= 0.6 is 27.5 Å². The van der Waals surface area contributed by atoms with Gasteiger partial charge in [0, 0.05) is 16.8 Å². The highest BCUT2D eigenvalue weighted by atomic mass is 79.9. The lowest BCUT2D eigenvalue weighted by Gasteiger charge is -2.02. The molecule has 0 unspecified atom stereocenters. The quantitative estimate of drug-likeness (QED) is 0.500. The van der Waals surface area contributed by atoms with Gasteiger partial charge in [-0.15, -0.1) is 0 Å². The van der Waals surface area contributed by atoms with E-state index in [0.29, 0.717) is 10.9 Å². The first kappa shape index (κ1) is 14.1. The number of ether oxygens (including phenoxy) is 1. The van der Waals surface area contributed by atoms with Crippen molar-refractivity contribution < 1.29 is 9.53 Å². The van der Waals surface area contributed by atoms with E-state index < -0.39 is 0 Å². The van der Waals surface area contributed by atoms with Gasteiger partial charge < -0.3 is 4.74 Å². The summed E-state index contributed by atoms with van der Waals surface area (Å²) in [7, 11) is 0. The summed E-state index contributed by atoms with van der Waals surface area (Å²) in [6.45, 7) is 1.36. The fraction of sp³-hybridized carbons (Fsp3) is 0.0667. The van der Waals surface area contributed by atoms with Crippen molar-refractivity contribution in [3.63, 3.8) is 0 Å². The van der Waals surface area contributed by atoms with Gasteiger partial charge in [0.25, 0.3) is 0 Å². The van der Waals surface area contributed by atoms with Gasteiger partial charge in [-0.2, -0.15) is 5.10 Å². The van der Waals surface area contributed by atoms with Crippen LogP contribution in [0.4, 0.5) is 0 Å². The van der Waals surface area contributed by atoms with Crippen LogP contribution in [0, 0.1) is 0 Å². The maximum Gasteiger partial charge on any atom is 0.308 e. The minimum Gasteiger partial charge on any atom is -0.427 e. The molecule has 0 saturated heterocycles. The number of aromatic nitrogens is 2. The zero-order valence-electron chi connectivity index (χ0n) is 11.0. The van der Waals surface area contributed by atoms with Gasteiger partial charge in [0.05, 0.1) is 11.2 Å². The third-order valence-electron chi connectivity index (χ3n) is 2.92. The third kappa shape index (κ3) is 2.80. The van der Waals surface area contributed by atoms with Crippen molar-refractivity contribution >= 4 is 44.4 Å². The van der Waals surface area contributed by atoms with Crippen LogP contribution in [0.2, 0.25) is 5.15 Å². The van der Waals surface area contributed by atoms with Crippen LogP contribution < -0.4 is 4.74 Å². The zero-order valence-corrected chi connectivity index (χ0v) is 13.4. The highest BCUT2D eigenvalue weighted by Crippen LogP contribution is 2.29. The Bertz CT molecular complexity index is 828. The minimum atomic E-state index is -0.370. The monoisotopic (exact) mass is 364 g/mol. The fourth-order valence-corrected chi connectivity index (χ4v) is 2.57. The SMILES string of the molecule is CC(=O)Oc1ccc2nn(-c3ccc(Br)cc3)c(Cl)c2c1. The number of halogens is 2. The number of hydrogen-bond acceptors (Lipinski definition) is 3. The number of carbonyl (C=O) groups excluding carboxylic acids is 1. The van der Waals surface area contributed by atoms with Gasteiger partial charge in [-0.05, 0) is 42.5 Å². The summed E-state index contributed by atoms with van der Waals surface area (Å²) in [6.07, 6.45) is 0. The van der Waals surface area contributed by atoms with Crippen LogP contribution in [0.5, 0.6) is 5.75 Å². The van der Waals surface area contributed by atoms with Crippen molar-refractivity contribution in [2.45, 2.75) is 6.92 Å². The van der Waals surface area contributed by atoms with Crippen LogP contribution in [0.15, 0.2) is 46.9 Å². The first-order valence-electron chi connectivity index (χ1n) is 6.17. The van der Waals surface area contributed by atoms with Crippen LogP contribution in [0.1, 0.15) is 6.92 Å². The minimum absolute atomic E-state index is 0.370. The molecule has 0 saturated carbocycles. The van der Waals surface area contributed by atoms with Gasteiger partial charge in [0.2, 0.25) is 0 Å². The van der Waals surface area contributed by atoms with Gasteiger partial charge in [0.15, 0.2) is 0 Å². The second-order valence-electron chi connectivity index (χ2n) is 4.45. The molecule has 0 aliphatic rings. The first-order valence-corrected chi connectivity index (χ1v) is 7.34. The van der Waals surface area contributed by atoms with E-state index in [0.717, 1.165) is 21.1 Å². The van der Waals surface area contributed by atoms with Gasteiger partial charge in [-0.3, -0.25) is 4.79 Å². The molecule has 1 heterocycles. The maximum absolute atomic E-state index is 11.0. The maximum atomic E-state index is 11.0. The summed E-state index contributed by atoms with van der Waals surface area (Å²) >= 11 is 9.78. The Morgan fingerprint density at radius 1 is 1.24 bits per heavy atom. The predicted molar refractivity (Wildman–Crippen MR) is 85.1 cm³/mol. The number of nitrogens with zero attached hydrogens (tertiary/aromatic N) is 2. The van der Waals surface area contributed by atoms with E-state index in [1.54, 1.807) is 22.9 Å². The van der Waals surface area contributed by atoms with E-state index >= 15 is 0 Å². The molecule has 0 aliphatic carbocycles. The molecule has 21 heavy (non-hydrogen) atoms. The molecule has 3 aromatic rings. The summed E-state index contributed by atoms with van der Waals surface area (Å²) in [6, 6.07) is 12.8. The molecule has 0 amide bonds. The predicted octanol–water partition coefficient (Wildman–Crippen LogP) is 4.37. The van der Waals surface area contributed by atoms with E-state index in [-0.39, 0.29) is 5.97 Å². The molecule has 0 fully saturated rings. The van der Waals surface area contributed by atoms with E-state index in [1.165, 1.54) is 6.92 Å². The molecule has 0 atom stereocenters. The van der Waals surface area contributed by atoms with E-state index in [2.05, 4.69) is 21.0 Å². The zero-order chi connectivity index (χ0) is 15.0. The normalized spacial score (nSPS) is 10.8. The van der Waals surface area contributed by atoms with Crippen molar-refractivity contribution in [2.75, 3.05) is 0 Å². The molecule has 0 radical (unpaired) electrons. The van der Waals surface area contributed by atoms with Crippen LogP contribution in [-0.4, -0.2) is 15.7 Å². The summed E-state index contributed by atoms with van der Waals surface area (Å²) in [4.78, 5) is 11.0. The molecule has 2 aromatic carbocycles. The van der Waals surface area contributed by atoms with Gasteiger partial charge in [-0.1, -0.05) is 27.5 Å². The van der Waals surface area contributed by atoms with Crippen LogP contribution in [0.3, 0.4) is 0 Å². The molecule has 0 N–H and O–H groups in total. The van der Waals surface area contributed by atoms with Crippen LogP contribution in [-0.2, 0) is 4.79 Å². The first-order chi connectivity index (χ1) is 10.0. The summed E-state index contributed by atoms with van der Waals surface area (Å²) in [5, 5.41) is 5.67. The summed E-state index contributed by atoms with van der Waals surface area (Å²) in [5.41, 5.74) is 1.59. The molecule has 106 valence electrons. The molecule has 0 bridgehead atoms. The number of fused-ring (bicyclic) bond motifs is 1. The lowest BCUT2D eigenvalue weighted by molar-refractivity contribution is -0.131. The average Bonchev–Trinajstić information content (AvgIpc) is 2.76. The summed E-state index contributed by atoms with van der Waals surface area (Å²) in [5.74, 6) is 0.0815. The molecular weight excluding hydrogens is 356 g/mol. The molecule has 4 nitrogen and oxygen atoms in total. The van der Waals surface area contributed by atoms with Gasteiger partial charge >= 0.3 is 5.97 Å². The topological polar surface area (TPSA) is 44.1 Å². The molecule has 3 rings (SSSR count). The van der Waals surface area contributed by atoms with E-state index in [1.807, 2.05) is 24.3 Å². The lowest BCUT2D eigenvalue weighted by Crippen LogP contribution is -2.00. The van der Waals surface area contributed by atoms with Gasteiger partial charge in [0.1, 0.15) is 10.9 Å². The van der Waals surface area contributed by atoms with Crippen molar-refractivity contribution in [3.05, 3.63) is 52.1 Å². The Balaban J connectivity index is 2.11. The van der Waals surface area contributed by atoms with Crippen LogP contribution in [0.25, 0.3) is 16.6 Å².